The molecule has 0 saturated heterocycles. The summed E-state index contributed by atoms with van der Waals surface area (Å²) in [4.78, 5) is 2.25. The zero-order valence-corrected chi connectivity index (χ0v) is 13.8. The molecule has 8 heteroatoms. The van der Waals surface area contributed by atoms with E-state index in [1.165, 1.54) is 49.2 Å². The fourth-order valence-corrected chi connectivity index (χ4v) is 4.55. The molecule has 0 aromatic carbocycles. The van der Waals surface area contributed by atoms with Gasteiger partial charge in [-0.05, 0) is 37.2 Å². The molecule has 0 unspecified atom stereocenters. The zero-order chi connectivity index (χ0) is 14.9. The quantitative estimate of drug-likeness (QED) is 0.862. The molecule has 0 atom stereocenters. The number of sulfonamides is 1. The third kappa shape index (κ3) is 2.77. The fraction of sp³-hybridized carbons (Fsp3) is 0.750. The van der Waals surface area contributed by atoms with Crippen LogP contribution >= 0.6 is 11.5 Å². The Balaban J connectivity index is 2.36. The Kier molecular flexibility index (Phi) is 4.55. The summed E-state index contributed by atoms with van der Waals surface area (Å²) in [5.74, 6) is 0.763. The normalized spacial score (nSPS) is 16.4. The Hall–Kier alpha value is -0.860. The van der Waals surface area contributed by atoms with E-state index >= 15 is 0 Å². The third-order valence-corrected chi connectivity index (χ3v) is 6.70. The predicted octanol–water partition coefficient (Wildman–Crippen LogP) is 1.60. The summed E-state index contributed by atoms with van der Waals surface area (Å²) in [6.07, 6.45) is 3.72. The van der Waals surface area contributed by atoms with Crippen LogP contribution in [0.15, 0.2) is 4.90 Å². The van der Waals surface area contributed by atoms with Gasteiger partial charge in [-0.1, -0.05) is 6.42 Å². The lowest BCUT2D eigenvalue weighted by atomic mass is 9.85. The number of rotatable bonds is 6. The van der Waals surface area contributed by atoms with Gasteiger partial charge in [0.05, 0.1) is 0 Å². The SMILES string of the molecule is CCN(CC1CCC1)c1snc(N)c1S(=O)(=O)N(C)C. The van der Waals surface area contributed by atoms with Crippen molar-refractivity contribution in [3.05, 3.63) is 0 Å². The number of hydrogen-bond donors (Lipinski definition) is 1. The van der Waals surface area contributed by atoms with Crippen LogP contribution in [0.4, 0.5) is 10.8 Å². The minimum Gasteiger partial charge on any atom is -0.382 e. The molecule has 2 N–H and O–H groups in total. The molecule has 6 nitrogen and oxygen atoms in total. The van der Waals surface area contributed by atoms with Crippen LogP contribution in [0.5, 0.6) is 0 Å². The average molecular weight is 318 g/mol. The highest BCUT2D eigenvalue weighted by Gasteiger charge is 2.31. The maximum absolute atomic E-state index is 12.4. The van der Waals surface area contributed by atoms with Crippen molar-refractivity contribution in [2.24, 2.45) is 5.92 Å². The van der Waals surface area contributed by atoms with Gasteiger partial charge in [-0.25, -0.2) is 12.7 Å². The molecule has 2 rings (SSSR count). The van der Waals surface area contributed by atoms with E-state index in [1.54, 1.807) is 0 Å². The molecule has 0 radical (unpaired) electrons. The Morgan fingerprint density at radius 1 is 1.40 bits per heavy atom. The van der Waals surface area contributed by atoms with Crippen LogP contribution in [-0.2, 0) is 10.0 Å². The minimum absolute atomic E-state index is 0.103. The van der Waals surface area contributed by atoms with Gasteiger partial charge in [-0.15, -0.1) is 0 Å². The van der Waals surface area contributed by atoms with Crippen molar-refractivity contribution in [1.29, 1.82) is 0 Å². The highest BCUT2D eigenvalue weighted by atomic mass is 32.2. The molecule has 1 aliphatic carbocycles. The van der Waals surface area contributed by atoms with E-state index in [0.29, 0.717) is 10.9 Å². The number of anilines is 2. The topological polar surface area (TPSA) is 79.5 Å². The number of nitrogens with zero attached hydrogens (tertiary/aromatic N) is 3. The second-order valence-electron chi connectivity index (χ2n) is 5.33. The minimum atomic E-state index is -3.56. The van der Waals surface area contributed by atoms with E-state index in [2.05, 4.69) is 9.27 Å². The van der Waals surface area contributed by atoms with Crippen LogP contribution in [-0.4, -0.2) is 44.3 Å². The maximum Gasteiger partial charge on any atom is 0.249 e. The Morgan fingerprint density at radius 2 is 2.05 bits per heavy atom. The monoisotopic (exact) mass is 318 g/mol. The molecule has 1 aliphatic rings. The largest absolute Gasteiger partial charge is 0.382 e. The van der Waals surface area contributed by atoms with Crippen LogP contribution in [0.25, 0.3) is 0 Å². The highest BCUT2D eigenvalue weighted by Crippen LogP contribution is 2.37. The van der Waals surface area contributed by atoms with E-state index in [9.17, 15) is 8.42 Å². The fourth-order valence-electron chi connectivity index (χ4n) is 2.25. The molecule has 1 aromatic heterocycles. The predicted molar refractivity (Wildman–Crippen MR) is 82.6 cm³/mol. The van der Waals surface area contributed by atoms with Crippen molar-refractivity contribution in [2.45, 2.75) is 31.1 Å². The van der Waals surface area contributed by atoms with Gasteiger partial charge in [-0.3, -0.25) is 0 Å². The molecule has 0 bridgehead atoms. The lowest BCUT2D eigenvalue weighted by Crippen LogP contribution is -2.33. The van der Waals surface area contributed by atoms with E-state index in [1.807, 2.05) is 6.92 Å². The smallest absolute Gasteiger partial charge is 0.249 e. The van der Waals surface area contributed by atoms with Gasteiger partial charge < -0.3 is 10.6 Å². The standard InChI is InChI=1S/C12H22N4O2S2/c1-4-16(8-9-6-5-7-9)12-10(11(13)14-19-12)20(17,18)15(2)3/h9H,4-8H2,1-3H3,(H2,13,14). The van der Waals surface area contributed by atoms with Crippen molar-refractivity contribution >= 4 is 32.4 Å². The summed E-state index contributed by atoms with van der Waals surface area (Å²) >= 11 is 1.17. The lowest BCUT2D eigenvalue weighted by Gasteiger charge is -2.32. The zero-order valence-electron chi connectivity index (χ0n) is 12.2. The Labute approximate surface area is 124 Å². The summed E-state index contributed by atoms with van der Waals surface area (Å²) in [6.45, 7) is 3.67. The molecule has 1 fully saturated rings. The summed E-state index contributed by atoms with van der Waals surface area (Å²) in [7, 11) is -0.535. The molecular formula is C12H22N4O2S2. The van der Waals surface area contributed by atoms with Crippen molar-refractivity contribution in [1.82, 2.24) is 8.68 Å². The second-order valence-corrected chi connectivity index (χ2v) is 8.17. The van der Waals surface area contributed by atoms with Crippen molar-refractivity contribution in [2.75, 3.05) is 37.8 Å². The van der Waals surface area contributed by atoms with E-state index in [0.717, 1.165) is 13.1 Å². The summed E-state index contributed by atoms with van der Waals surface area (Å²) in [5, 5.41) is 0.672. The average Bonchev–Trinajstić information content (AvgIpc) is 2.70. The lowest BCUT2D eigenvalue weighted by molar-refractivity contribution is 0.318. The first-order valence-electron chi connectivity index (χ1n) is 6.80. The number of aromatic nitrogens is 1. The highest BCUT2D eigenvalue weighted by molar-refractivity contribution is 7.89. The summed E-state index contributed by atoms with van der Waals surface area (Å²) in [5.41, 5.74) is 5.80. The van der Waals surface area contributed by atoms with Gasteiger partial charge in [0, 0.05) is 27.2 Å². The molecule has 0 amide bonds. The molecule has 0 aliphatic heterocycles. The molecule has 20 heavy (non-hydrogen) atoms. The van der Waals surface area contributed by atoms with E-state index in [4.69, 9.17) is 5.73 Å². The van der Waals surface area contributed by atoms with Gasteiger partial charge in [-0.2, -0.15) is 4.37 Å². The summed E-state index contributed by atoms with van der Waals surface area (Å²) in [6, 6.07) is 0. The molecule has 1 saturated carbocycles. The van der Waals surface area contributed by atoms with Crippen LogP contribution in [0.2, 0.25) is 0 Å². The van der Waals surface area contributed by atoms with Crippen LogP contribution < -0.4 is 10.6 Å². The van der Waals surface area contributed by atoms with Crippen LogP contribution in [0.1, 0.15) is 26.2 Å². The Morgan fingerprint density at radius 3 is 2.50 bits per heavy atom. The van der Waals surface area contributed by atoms with Crippen molar-refractivity contribution in [3.63, 3.8) is 0 Å². The second kappa shape index (κ2) is 5.87. The first-order valence-corrected chi connectivity index (χ1v) is 9.01. The molecular weight excluding hydrogens is 296 g/mol. The number of nitrogen functional groups attached to an aromatic ring is 1. The Bertz CT molecular complexity index is 564. The van der Waals surface area contributed by atoms with Crippen LogP contribution in [0, 0.1) is 5.92 Å². The first-order chi connectivity index (χ1) is 9.37. The number of hydrogen-bond acceptors (Lipinski definition) is 6. The molecule has 1 heterocycles. The van der Waals surface area contributed by atoms with Gasteiger partial charge in [0.25, 0.3) is 0 Å². The number of nitrogens with two attached hydrogens (primary N) is 1. The van der Waals surface area contributed by atoms with Crippen LogP contribution in [0.3, 0.4) is 0 Å². The molecule has 1 aromatic rings. The molecule has 0 spiro atoms. The summed E-state index contributed by atoms with van der Waals surface area (Å²) < 4.78 is 30.1. The van der Waals surface area contributed by atoms with Gasteiger partial charge in [0.1, 0.15) is 5.00 Å². The van der Waals surface area contributed by atoms with Gasteiger partial charge in [0.15, 0.2) is 10.7 Å². The van der Waals surface area contributed by atoms with E-state index in [-0.39, 0.29) is 10.7 Å². The van der Waals surface area contributed by atoms with Gasteiger partial charge >= 0.3 is 0 Å². The van der Waals surface area contributed by atoms with Crippen molar-refractivity contribution < 1.29 is 8.42 Å². The van der Waals surface area contributed by atoms with E-state index < -0.39 is 10.0 Å². The molecule has 114 valence electrons. The first kappa shape index (κ1) is 15.5. The third-order valence-electron chi connectivity index (χ3n) is 3.77. The van der Waals surface area contributed by atoms with Gasteiger partial charge in [0.2, 0.25) is 10.0 Å². The van der Waals surface area contributed by atoms with Crippen molar-refractivity contribution in [3.8, 4) is 0 Å². The maximum atomic E-state index is 12.4.